The number of para-hydroxylation sites is 1. The molecule has 0 unspecified atom stereocenters. The summed E-state index contributed by atoms with van der Waals surface area (Å²) in [4.78, 5) is 29.6. The van der Waals surface area contributed by atoms with Gasteiger partial charge in [-0.2, -0.15) is 0 Å². The fraction of sp³-hybridized carbons (Fsp3) is 0.500. The monoisotopic (exact) mass is 446 g/mol. The first-order chi connectivity index (χ1) is 16.1. The number of benzene rings is 2. The third-order valence-electron chi connectivity index (χ3n) is 7.58. The molecule has 33 heavy (non-hydrogen) atoms. The second-order valence-corrected chi connectivity index (χ2v) is 9.83. The molecule has 3 aliphatic heterocycles. The van der Waals surface area contributed by atoms with E-state index in [1.54, 1.807) is 0 Å². The van der Waals surface area contributed by atoms with E-state index in [9.17, 15) is 9.59 Å². The van der Waals surface area contributed by atoms with Crippen molar-refractivity contribution >= 4 is 17.4 Å². The Labute approximate surface area is 196 Å². The third-order valence-corrected chi connectivity index (χ3v) is 7.58. The highest BCUT2D eigenvalue weighted by atomic mass is 16.5. The predicted molar refractivity (Wildman–Crippen MR) is 130 cm³/mol. The smallest absolute Gasteiger partial charge is 0.231 e. The lowest BCUT2D eigenvalue weighted by Gasteiger charge is -2.31. The molecule has 0 saturated carbocycles. The predicted octanol–water partition coefficient (Wildman–Crippen LogP) is 4.58. The number of likely N-dealkylation sites (tertiary alicyclic amines) is 1. The van der Waals surface area contributed by atoms with Crippen molar-refractivity contribution in [3.8, 4) is 5.75 Å². The van der Waals surface area contributed by atoms with Gasteiger partial charge < -0.3 is 9.64 Å². The molecule has 1 saturated heterocycles. The summed E-state index contributed by atoms with van der Waals surface area (Å²) in [6, 6.07) is 12.2. The normalized spacial score (nSPS) is 18.5. The van der Waals surface area contributed by atoms with Crippen LogP contribution in [0.1, 0.15) is 59.2 Å². The molecule has 0 spiro atoms. The van der Waals surface area contributed by atoms with E-state index >= 15 is 0 Å². The molecular formula is C28H34N2O3. The summed E-state index contributed by atoms with van der Waals surface area (Å²) in [5, 5.41) is 0. The van der Waals surface area contributed by atoms with Crippen LogP contribution >= 0.6 is 0 Å². The van der Waals surface area contributed by atoms with Crippen LogP contribution in [0.2, 0.25) is 0 Å². The summed E-state index contributed by atoms with van der Waals surface area (Å²) >= 11 is 0. The summed E-state index contributed by atoms with van der Waals surface area (Å²) in [7, 11) is 0. The second-order valence-electron chi connectivity index (χ2n) is 9.83. The molecule has 5 rings (SSSR count). The van der Waals surface area contributed by atoms with Gasteiger partial charge in [0.15, 0.2) is 5.78 Å². The minimum Gasteiger partial charge on any atom is -0.492 e. The van der Waals surface area contributed by atoms with E-state index < -0.39 is 0 Å². The lowest BCUT2D eigenvalue weighted by Crippen LogP contribution is -2.36. The zero-order valence-electron chi connectivity index (χ0n) is 19.6. The van der Waals surface area contributed by atoms with Gasteiger partial charge in [0, 0.05) is 25.1 Å². The SMILES string of the molecule is Cc1ccccc1OCCN1CCC(CCC(=O)c2cc3c4c(c2)CC(=O)N4CCC3)CC1. The van der Waals surface area contributed by atoms with Crippen LogP contribution in [-0.2, 0) is 17.6 Å². The van der Waals surface area contributed by atoms with Gasteiger partial charge in [-0.25, -0.2) is 0 Å². The van der Waals surface area contributed by atoms with Crippen LogP contribution in [0, 0.1) is 12.8 Å². The average molecular weight is 447 g/mol. The Morgan fingerprint density at radius 1 is 1.09 bits per heavy atom. The van der Waals surface area contributed by atoms with E-state index in [2.05, 4.69) is 24.0 Å². The highest BCUT2D eigenvalue weighted by Gasteiger charge is 2.33. The molecule has 5 nitrogen and oxygen atoms in total. The van der Waals surface area contributed by atoms with Crippen LogP contribution < -0.4 is 9.64 Å². The standard InChI is InChI=1S/C28H34N2O3/c1-20-5-2-3-7-26(20)33-16-15-29-13-10-21(11-14-29)8-9-25(31)23-17-22-6-4-12-30-27(32)19-24(18-23)28(22)30/h2-3,5,7,17-18,21H,4,6,8-16,19H2,1H3. The first-order valence-corrected chi connectivity index (χ1v) is 12.5. The molecule has 174 valence electrons. The van der Waals surface area contributed by atoms with E-state index in [0.29, 0.717) is 25.4 Å². The number of carbonyl (C=O) groups excluding carboxylic acids is 2. The van der Waals surface area contributed by atoms with Gasteiger partial charge in [0.1, 0.15) is 12.4 Å². The van der Waals surface area contributed by atoms with E-state index in [0.717, 1.165) is 80.8 Å². The van der Waals surface area contributed by atoms with Crippen molar-refractivity contribution in [3.05, 3.63) is 58.7 Å². The molecule has 3 heterocycles. The van der Waals surface area contributed by atoms with Crippen LogP contribution in [0.15, 0.2) is 36.4 Å². The maximum Gasteiger partial charge on any atom is 0.231 e. The number of hydrogen-bond acceptors (Lipinski definition) is 4. The highest BCUT2D eigenvalue weighted by Crippen LogP contribution is 2.38. The van der Waals surface area contributed by atoms with Crippen molar-refractivity contribution in [3.63, 3.8) is 0 Å². The van der Waals surface area contributed by atoms with Gasteiger partial charge in [-0.3, -0.25) is 14.5 Å². The zero-order chi connectivity index (χ0) is 22.8. The average Bonchev–Trinajstić information content (AvgIpc) is 3.16. The molecule has 3 aliphatic rings. The van der Waals surface area contributed by atoms with Gasteiger partial charge in [-0.1, -0.05) is 18.2 Å². The molecular weight excluding hydrogens is 412 g/mol. The van der Waals surface area contributed by atoms with E-state index in [4.69, 9.17) is 4.74 Å². The van der Waals surface area contributed by atoms with Gasteiger partial charge in [0.05, 0.1) is 12.1 Å². The fourth-order valence-electron chi connectivity index (χ4n) is 5.62. The van der Waals surface area contributed by atoms with Crippen molar-refractivity contribution < 1.29 is 14.3 Å². The Hall–Kier alpha value is -2.66. The van der Waals surface area contributed by atoms with Crippen LogP contribution in [0.5, 0.6) is 5.75 Å². The summed E-state index contributed by atoms with van der Waals surface area (Å²) in [6.45, 7) is 6.73. The molecule has 1 amide bonds. The number of Topliss-reactive ketones (excluding diaryl/α,β-unsaturated/α-hetero) is 1. The van der Waals surface area contributed by atoms with Crippen molar-refractivity contribution in [2.24, 2.45) is 5.92 Å². The second kappa shape index (κ2) is 9.68. The molecule has 0 aliphatic carbocycles. The van der Waals surface area contributed by atoms with Crippen LogP contribution in [0.25, 0.3) is 0 Å². The number of piperidine rings is 1. The maximum atomic E-state index is 13.0. The lowest BCUT2D eigenvalue weighted by atomic mass is 9.89. The first kappa shape index (κ1) is 22.1. The molecule has 0 atom stereocenters. The number of aryl methyl sites for hydroxylation is 2. The van der Waals surface area contributed by atoms with E-state index in [-0.39, 0.29) is 11.7 Å². The number of anilines is 1. The highest BCUT2D eigenvalue weighted by molar-refractivity contribution is 6.05. The molecule has 2 aromatic rings. The summed E-state index contributed by atoms with van der Waals surface area (Å²) in [5.41, 5.74) is 5.33. The number of amides is 1. The summed E-state index contributed by atoms with van der Waals surface area (Å²) in [6.07, 6.45) is 6.28. The number of hydrogen-bond donors (Lipinski definition) is 0. The van der Waals surface area contributed by atoms with E-state index in [1.807, 2.05) is 29.2 Å². The Kier molecular flexibility index (Phi) is 6.50. The van der Waals surface area contributed by atoms with Crippen molar-refractivity contribution in [1.29, 1.82) is 0 Å². The first-order valence-electron chi connectivity index (χ1n) is 12.5. The molecule has 1 fully saturated rings. The van der Waals surface area contributed by atoms with Crippen molar-refractivity contribution in [2.75, 3.05) is 37.7 Å². The lowest BCUT2D eigenvalue weighted by molar-refractivity contribution is -0.117. The number of ether oxygens (including phenoxy) is 1. The van der Waals surface area contributed by atoms with Gasteiger partial charge in [-0.05, 0) is 92.9 Å². The molecule has 0 bridgehead atoms. The maximum absolute atomic E-state index is 13.0. The molecule has 0 radical (unpaired) electrons. The quantitative estimate of drug-likeness (QED) is 0.557. The van der Waals surface area contributed by atoms with Gasteiger partial charge in [0.25, 0.3) is 0 Å². The van der Waals surface area contributed by atoms with Crippen LogP contribution in [0.4, 0.5) is 5.69 Å². The number of carbonyl (C=O) groups is 2. The van der Waals surface area contributed by atoms with Crippen molar-refractivity contribution in [1.82, 2.24) is 4.90 Å². The Bertz CT molecular complexity index is 1040. The molecule has 5 heteroatoms. The van der Waals surface area contributed by atoms with Gasteiger partial charge in [-0.15, -0.1) is 0 Å². The molecule has 0 aromatic heterocycles. The number of rotatable bonds is 8. The van der Waals surface area contributed by atoms with Crippen molar-refractivity contribution in [2.45, 2.75) is 51.9 Å². The van der Waals surface area contributed by atoms with Gasteiger partial charge >= 0.3 is 0 Å². The summed E-state index contributed by atoms with van der Waals surface area (Å²) < 4.78 is 5.95. The number of ketones is 1. The fourth-order valence-corrected chi connectivity index (χ4v) is 5.62. The topological polar surface area (TPSA) is 49.9 Å². The minimum atomic E-state index is 0.187. The summed E-state index contributed by atoms with van der Waals surface area (Å²) in [5.74, 6) is 2.02. The van der Waals surface area contributed by atoms with Gasteiger partial charge in [0.2, 0.25) is 5.91 Å². The largest absolute Gasteiger partial charge is 0.492 e. The molecule has 0 N–H and O–H groups in total. The van der Waals surface area contributed by atoms with E-state index in [1.165, 1.54) is 11.1 Å². The Morgan fingerprint density at radius 3 is 2.70 bits per heavy atom. The third kappa shape index (κ3) is 4.84. The number of nitrogens with zero attached hydrogens (tertiary/aromatic N) is 2. The zero-order valence-corrected chi connectivity index (χ0v) is 19.6. The minimum absolute atomic E-state index is 0.187. The Balaban J connectivity index is 1.07. The van der Waals surface area contributed by atoms with Crippen LogP contribution in [-0.4, -0.2) is 49.4 Å². The van der Waals surface area contributed by atoms with Crippen LogP contribution in [0.3, 0.4) is 0 Å². The Morgan fingerprint density at radius 2 is 1.88 bits per heavy atom. The molecule has 2 aromatic carbocycles.